The average molecular weight is 222 g/mol. The van der Waals surface area contributed by atoms with E-state index in [4.69, 9.17) is 0 Å². The van der Waals surface area contributed by atoms with Gasteiger partial charge in [-0.2, -0.15) is 0 Å². The molecule has 0 fully saturated rings. The zero-order valence-corrected chi connectivity index (χ0v) is 9.14. The lowest BCUT2D eigenvalue weighted by atomic mass is 10.0. The first-order valence-corrected chi connectivity index (χ1v) is 5.49. The van der Waals surface area contributed by atoms with Crippen LogP contribution in [-0.2, 0) is 6.42 Å². The molecule has 1 aliphatic carbocycles. The molecular weight excluding hydrogens is 212 g/mol. The molecule has 0 saturated heterocycles. The molecule has 0 amide bonds. The molecule has 0 spiro atoms. The molecule has 2 aromatic carbocycles. The van der Waals surface area contributed by atoms with E-state index in [1.54, 1.807) is 0 Å². The molecule has 82 valence electrons. The Morgan fingerprint density at radius 3 is 1.65 bits per heavy atom. The zero-order chi connectivity index (χ0) is 11.8. The van der Waals surface area contributed by atoms with Gasteiger partial charge >= 0.3 is 0 Å². The Labute approximate surface area is 98.9 Å². The third-order valence-electron chi connectivity index (χ3n) is 3.32. The molecule has 0 unspecified atom stereocenters. The van der Waals surface area contributed by atoms with Crippen molar-refractivity contribution in [2.75, 3.05) is 0 Å². The van der Waals surface area contributed by atoms with E-state index in [0.717, 1.165) is 46.0 Å². The van der Waals surface area contributed by atoms with Crippen LogP contribution in [0.2, 0.25) is 0 Å². The van der Waals surface area contributed by atoms with Crippen LogP contribution in [0.4, 0.5) is 0 Å². The van der Waals surface area contributed by atoms with Gasteiger partial charge in [0.15, 0.2) is 0 Å². The van der Waals surface area contributed by atoms with E-state index in [9.17, 15) is 9.59 Å². The Balaban J connectivity index is 2.30. The third kappa shape index (κ3) is 1.34. The summed E-state index contributed by atoms with van der Waals surface area (Å²) in [6.07, 6.45) is 2.44. The van der Waals surface area contributed by atoms with Gasteiger partial charge in [0, 0.05) is 17.5 Å². The monoisotopic (exact) mass is 222 g/mol. The molecule has 0 N–H and O–H groups in total. The van der Waals surface area contributed by atoms with Gasteiger partial charge in [0.1, 0.15) is 12.6 Å². The number of hydrogen-bond acceptors (Lipinski definition) is 2. The van der Waals surface area contributed by atoms with Crippen molar-refractivity contribution in [3.8, 4) is 11.1 Å². The zero-order valence-electron chi connectivity index (χ0n) is 9.14. The Kier molecular flexibility index (Phi) is 2.15. The van der Waals surface area contributed by atoms with Crippen molar-refractivity contribution < 1.29 is 9.59 Å². The van der Waals surface area contributed by atoms with E-state index in [0.29, 0.717) is 6.42 Å². The summed E-state index contributed by atoms with van der Waals surface area (Å²) in [4.78, 5) is 22.0. The Bertz CT molecular complexity index is 571. The van der Waals surface area contributed by atoms with Crippen LogP contribution in [-0.4, -0.2) is 12.6 Å². The molecular formula is C15H10O2. The smallest absolute Gasteiger partial charge is 0.150 e. The Morgan fingerprint density at radius 1 is 0.765 bits per heavy atom. The first kappa shape index (κ1) is 9.97. The average Bonchev–Trinajstić information content (AvgIpc) is 2.77. The highest BCUT2D eigenvalue weighted by Crippen LogP contribution is 2.38. The number of carbonyl (C=O) groups excluding carboxylic acids is 2. The molecule has 0 radical (unpaired) electrons. The molecule has 2 aromatic rings. The fourth-order valence-electron chi connectivity index (χ4n) is 2.51. The molecule has 2 heteroatoms. The van der Waals surface area contributed by atoms with E-state index in [2.05, 4.69) is 0 Å². The molecule has 0 heterocycles. The van der Waals surface area contributed by atoms with Gasteiger partial charge in [-0.1, -0.05) is 36.4 Å². The van der Waals surface area contributed by atoms with E-state index in [1.165, 1.54) is 0 Å². The maximum atomic E-state index is 11.0. The van der Waals surface area contributed by atoms with Crippen LogP contribution in [0.25, 0.3) is 11.1 Å². The minimum absolute atomic E-state index is 0.675. The van der Waals surface area contributed by atoms with Crippen molar-refractivity contribution in [2.45, 2.75) is 6.42 Å². The lowest BCUT2D eigenvalue weighted by Gasteiger charge is -2.02. The minimum atomic E-state index is 0.675. The Hall–Kier alpha value is -2.22. The number of rotatable bonds is 2. The van der Waals surface area contributed by atoms with Crippen molar-refractivity contribution in [3.05, 3.63) is 58.7 Å². The van der Waals surface area contributed by atoms with Gasteiger partial charge < -0.3 is 0 Å². The van der Waals surface area contributed by atoms with Gasteiger partial charge in [-0.3, -0.25) is 9.59 Å². The molecule has 2 nitrogen and oxygen atoms in total. The van der Waals surface area contributed by atoms with Gasteiger partial charge in [0.05, 0.1) is 0 Å². The lowest BCUT2D eigenvalue weighted by molar-refractivity contribution is 0.111. The van der Waals surface area contributed by atoms with E-state index >= 15 is 0 Å². The summed E-state index contributed by atoms with van der Waals surface area (Å²) in [6.45, 7) is 0. The number of carbonyl (C=O) groups is 2. The summed E-state index contributed by atoms with van der Waals surface area (Å²) in [5.41, 5.74) is 5.66. The molecule has 1 aliphatic rings. The summed E-state index contributed by atoms with van der Waals surface area (Å²) in [5.74, 6) is 0. The number of fused-ring (bicyclic) bond motifs is 3. The van der Waals surface area contributed by atoms with E-state index in [1.807, 2.05) is 36.4 Å². The predicted molar refractivity (Wildman–Crippen MR) is 65.5 cm³/mol. The topological polar surface area (TPSA) is 34.1 Å². The molecule has 0 atom stereocenters. The highest BCUT2D eigenvalue weighted by molar-refractivity contribution is 5.91. The summed E-state index contributed by atoms with van der Waals surface area (Å²) >= 11 is 0. The highest BCUT2D eigenvalue weighted by atomic mass is 16.1. The predicted octanol–water partition coefficient (Wildman–Crippen LogP) is 2.88. The maximum absolute atomic E-state index is 11.0. The van der Waals surface area contributed by atoms with Crippen LogP contribution in [0.5, 0.6) is 0 Å². The fraction of sp³-hybridized carbons (Fsp3) is 0.0667. The van der Waals surface area contributed by atoms with Crippen LogP contribution in [0.3, 0.4) is 0 Å². The van der Waals surface area contributed by atoms with Gasteiger partial charge in [0.25, 0.3) is 0 Å². The van der Waals surface area contributed by atoms with Crippen LogP contribution < -0.4 is 0 Å². The third-order valence-corrected chi connectivity index (χ3v) is 3.32. The first-order valence-electron chi connectivity index (χ1n) is 5.49. The Morgan fingerprint density at radius 2 is 1.24 bits per heavy atom. The van der Waals surface area contributed by atoms with Gasteiger partial charge in [-0.05, 0) is 22.3 Å². The SMILES string of the molecule is O=Cc1cccc2c1Cc1c(C=O)cccc1-2. The van der Waals surface area contributed by atoms with Crippen molar-refractivity contribution >= 4 is 12.6 Å². The lowest BCUT2D eigenvalue weighted by Crippen LogP contribution is -1.92. The number of hydrogen-bond donors (Lipinski definition) is 0. The van der Waals surface area contributed by atoms with Crippen LogP contribution in [0.1, 0.15) is 31.8 Å². The van der Waals surface area contributed by atoms with E-state index < -0.39 is 0 Å². The van der Waals surface area contributed by atoms with Crippen molar-refractivity contribution in [2.24, 2.45) is 0 Å². The largest absolute Gasteiger partial charge is 0.298 e. The second kappa shape index (κ2) is 3.67. The second-order valence-corrected chi connectivity index (χ2v) is 4.16. The van der Waals surface area contributed by atoms with Gasteiger partial charge in [0.2, 0.25) is 0 Å². The fourth-order valence-corrected chi connectivity index (χ4v) is 2.51. The summed E-state index contributed by atoms with van der Waals surface area (Å²) in [6, 6.07) is 11.4. The quantitative estimate of drug-likeness (QED) is 0.625. The molecule has 3 rings (SSSR count). The molecule has 17 heavy (non-hydrogen) atoms. The van der Waals surface area contributed by atoms with Crippen molar-refractivity contribution in [1.29, 1.82) is 0 Å². The maximum Gasteiger partial charge on any atom is 0.150 e. The van der Waals surface area contributed by atoms with Crippen LogP contribution in [0.15, 0.2) is 36.4 Å². The van der Waals surface area contributed by atoms with Crippen LogP contribution in [0, 0.1) is 0 Å². The second-order valence-electron chi connectivity index (χ2n) is 4.16. The molecule has 0 aromatic heterocycles. The molecule has 0 aliphatic heterocycles. The summed E-state index contributed by atoms with van der Waals surface area (Å²) < 4.78 is 0. The number of aldehydes is 2. The van der Waals surface area contributed by atoms with Crippen molar-refractivity contribution in [3.63, 3.8) is 0 Å². The minimum Gasteiger partial charge on any atom is -0.298 e. The summed E-state index contributed by atoms with van der Waals surface area (Å²) in [7, 11) is 0. The van der Waals surface area contributed by atoms with Crippen LogP contribution >= 0.6 is 0 Å². The van der Waals surface area contributed by atoms with Crippen molar-refractivity contribution in [1.82, 2.24) is 0 Å². The standard InChI is InChI=1S/C15H10O2/c16-8-10-3-1-5-12-13-6-2-4-11(9-17)15(13)7-14(10)12/h1-6,8-9H,7H2. The molecule has 0 saturated carbocycles. The first-order chi connectivity index (χ1) is 8.35. The van der Waals surface area contributed by atoms with Gasteiger partial charge in [-0.15, -0.1) is 0 Å². The van der Waals surface area contributed by atoms with E-state index in [-0.39, 0.29) is 0 Å². The molecule has 0 bridgehead atoms. The summed E-state index contributed by atoms with van der Waals surface area (Å²) in [5, 5.41) is 0. The number of benzene rings is 2. The highest BCUT2D eigenvalue weighted by Gasteiger charge is 2.22. The normalized spacial score (nSPS) is 11.8. The van der Waals surface area contributed by atoms with Gasteiger partial charge in [-0.25, -0.2) is 0 Å².